The molecule has 0 aliphatic carbocycles. The van der Waals surface area contributed by atoms with Gasteiger partial charge in [0.05, 0.1) is 12.5 Å². The monoisotopic (exact) mass is 318 g/mol. The zero-order valence-electron chi connectivity index (χ0n) is 13.4. The van der Waals surface area contributed by atoms with Gasteiger partial charge in [-0.15, -0.1) is 0 Å². The van der Waals surface area contributed by atoms with Gasteiger partial charge in [-0.2, -0.15) is 0 Å². The molecular formula is C17H22N2O4. The van der Waals surface area contributed by atoms with E-state index < -0.39 is 11.9 Å². The average Bonchev–Trinajstić information content (AvgIpc) is 2.52. The quantitative estimate of drug-likeness (QED) is 0.879. The standard InChI is InChI=1S/C17H22N2O4/c1-11-6-3-4-7-13(11)16(21)18-10-15(20)19-9-5-8-14(12(19)2)17(22)23/h3-4,6-7,12,14H,5,8-10H2,1-2H3,(H,18,21)(H,22,23)/t12-,14-/m1/s1. The van der Waals surface area contributed by atoms with Gasteiger partial charge in [-0.25, -0.2) is 0 Å². The number of carboxylic acid groups (broad SMARTS) is 1. The molecule has 6 heteroatoms. The average molecular weight is 318 g/mol. The van der Waals surface area contributed by atoms with Gasteiger partial charge < -0.3 is 15.3 Å². The fourth-order valence-corrected chi connectivity index (χ4v) is 3.01. The topological polar surface area (TPSA) is 86.7 Å². The molecule has 1 aromatic carbocycles. The molecule has 0 saturated carbocycles. The van der Waals surface area contributed by atoms with Crippen LogP contribution in [-0.4, -0.2) is 46.9 Å². The molecule has 1 saturated heterocycles. The van der Waals surface area contributed by atoms with Gasteiger partial charge in [0.2, 0.25) is 5.91 Å². The molecule has 0 bridgehead atoms. The molecule has 2 N–H and O–H groups in total. The summed E-state index contributed by atoms with van der Waals surface area (Å²) in [5.74, 6) is -1.96. The van der Waals surface area contributed by atoms with E-state index in [2.05, 4.69) is 5.32 Å². The Bertz CT molecular complexity index is 614. The summed E-state index contributed by atoms with van der Waals surface area (Å²) in [5, 5.41) is 11.8. The van der Waals surface area contributed by atoms with E-state index in [9.17, 15) is 19.5 Å². The van der Waals surface area contributed by atoms with Gasteiger partial charge in [-0.1, -0.05) is 18.2 Å². The molecule has 6 nitrogen and oxygen atoms in total. The van der Waals surface area contributed by atoms with Crippen LogP contribution in [0, 0.1) is 12.8 Å². The summed E-state index contributed by atoms with van der Waals surface area (Å²) in [7, 11) is 0. The molecule has 1 aliphatic rings. The Kier molecular flexibility index (Phi) is 5.36. The second kappa shape index (κ2) is 7.26. The van der Waals surface area contributed by atoms with E-state index in [1.54, 1.807) is 24.0 Å². The summed E-state index contributed by atoms with van der Waals surface area (Å²) in [5.41, 5.74) is 1.38. The Morgan fingerprint density at radius 2 is 2.00 bits per heavy atom. The predicted octanol–water partition coefficient (Wildman–Crippen LogP) is 1.44. The third kappa shape index (κ3) is 3.88. The van der Waals surface area contributed by atoms with Gasteiger partial charge >= 0.3 is 5.97 Å². The SMILES string of the molecule is Cc1ccccc1C(=O)NCC(=O)N1CCC[C@@H](C(=O)O)[C@H]1C. The Hall–Kier alpha value is -2.37. The van der Waals surface area contributed by atoms with E-state index in [4.69, 9.17) is 0 Å². The maximum Gasteiger partial charge on any atom is 0.308 e. The number of carboxylic acids is 1. The molecule has 0 unspecified atom stereocenters. The lowest BCUT2D eigenvalue weighted by Gasteiger charge is -2.37. The van der Waals surface area contributed by atoms with Crippen molar-refractivity contribution in [2.24, 2.45) is 5.92 Å². The van der Waals surface area contributed by atoms with Gasteiger partial charge in [0.1, 0.15) is 0 Å². The minimum Gasteiger partial charge on any atom is -0.481 e. The highest BCUT2D eigenvalue weighted by molar-refractivity contribution is 5.97. The second-order valence-electron chi connectivity index (χ2n) is 5.91. The first kappa shape index (κ1) is 17.0. The van der Waals surface area contributed by atoms with Crippen molar-refractivity contribution in [1.29, 1.82) is 0 Å². The number of nitrogens with one attached hydrogen (secondary N) is 1. The lowest BCUT2D eigenvalue weighted by molar-refractivity contribution is -0.148. The van der Waals surface area contributed by atoms with Crippen LogP contribution in [0.5, 0.6) is 0 Å². The van der Waals surface area contributed by atoms with E-state index in [1.807, 2.05) is 19.1 Å². The molecule has 0 aromatic heterocycles. The largest absolute Gasteiger partial charge is 0.481 e. The molecule has 2 rings (SSSR count). The van der Waals surface area contributed by atoms with Crippen molar-refractivity contribution < 1.29 is 19.5 Å². The number of hydrogen-bond acceptors (Lipinski definition) is 3. The first-order valence-corrected chi connectivity index (χ1v) is 7.78. The number of benzene rings is 1. The Labute approximate surface area is 135 Å². The van der Waals surface area contributed by atoms with Crippen LogP contribution in [0.1, 0.15) is 35.7 Å². The summed E-state index contributed by atoms with van der Waals surface area (Å²) in [6, 6.07) is 6.80. The van der Waals surface area contributed by atoms with Crippen molar-refractivity contribution in [2.75, 3.05) is 13.1 Å². The smallest absolute Gasteiger partial charge is 0.308 e. The van der Waals surface area contributed by atoms with Crippen molar-refractivity contribution >= 4 is 17.8 Å². The van der Waals surface area contributed by atoms with Crippen molar-refractivity contribution in [2.45, 2.75) is 32.7 Å². The minimum absolute atomic E-state index is 0.121. The van der Waals surface area contributed by atoms with Crippen LogP contribution >= 0.6 is 0 Å². The van der Waals surface area contributed by atoms with Crippen LogP contribution in [0.15, 0.2) is 24.3 Å². The maximum absolute atomic E-state index is 12.3. The molecule has 1 aliphatic heterocycles. The molecule has 0 spiro atoms. The summed E-state index contributed by atoms with van der Waals surface area (Å²) >= 11 is 0. The fourth-order valence-electron chi connectivity index (χ4n) is 3.01. The summed E-state index contributed by atoms with van der Waals surface area (Å²) in [6.45, 7) is 3.99. The van der Waals surface area contributed by atoms with Crippen LogP contribution < -0.4 is 5.32 Å². The molecule has 1 heterocycles. The van der Waals surface area contributed by atoms with Gasteiger partial charge in [0.25, 0.3) is 5.91 Å². The first-order chi connectivity index (χ1) is 10.9. The second-order valence-corrected chi connectivity index (χ2v) is 5.91. The highest BCUT2D eigenvalue weighted by Crippen LogP contribution is 2.23. The van der Waals surface area contributed by atoms with Crippen molar-refractivity contribution in [3.63, 3.8) is 0 Å². The minimum atomic E-state index is -0.876. The van der Waals surface area contributed by atoms with E-state index in [0.29, 0.717) is 24.9 Å². The van der Waals surface area contributed by atoms with Gasteiger partial charge in [0, 0.05) is 18.2 Å². The Balaban J connectivity index is 1.95. The highest BCUT2D eigenvalue weighted by Gasteiger charge is 2.35. The Morgan fingerprint density at radius 1 is 1.30 bits per heavy atom. The molecule has 0 radical (unpaired) electrons. The molecule has 1 fully saturated rings. The number of piperidine rings is 1. The number of hydrogen-bond donors (Lipinski definition) is 2. The number of nitrogens with zero attached hydrogens (tertiary/aromatic N) is 1. The molecule has 2 atom stereocenters. The number of rotatable bonds is 4. The predicted molar refractivity (Wildman–Crippen MR) is 85.0 cm³/mol. The van der Waals surface area contributed by atoms with Crippen molar-refractivity contribution in [3.8, 4) is 0 Å². The van der Waals surface area contributed by atoms with Gasteiger partial charge in [-0.05, 0) is 38.3 Å². The van der Waals surface area contributed by atoms with Crippen LogP contribution in [0.2, 0.25) is 0 Å². The van der Waals surface area contributed by atoms with E-state index in [1.165, 1.54) is 0 Å². The fraction of sp³-hybridized carbons (Fsp3) is 0.471. The zero-order valence-corrected chi connectivity index (χ0v) is 13.4. The molecule has 124 valence electrons. The first-order valence-electron chi connectivity index (χ1n) is 7.78. The normalized spacial score (nSPS) is 20.9. The summed E-state index contributed by atoms with van der Waals surface area (Å²) in [4.78, 5) is 37.2. The van der Waals surface area contributed by atoms with Crippen LogP contribution in [0.3, 0.4) is 0 Å². The van der Waals surface area contributed by atoms with E-state index in [-0.39, 0.29) is 24.4 Å². The van der Waals surface area contributed by atoms with Crippen molar-refractivity contribution in [1.82, 2.24) is 10.2 Å². The Morgan fingerprint density at radius 3 is 2.65 bits per heavy atom. The third-order valence-electron chi connectivity index (χ3n) is 4.42. The number of carbonyl (C=O) groups excluding carboxylic acids is 2. The van der Waals surface area contributed by atoms with E-state index >= 15 is 0 Å². The number of aliphatic carboxylic acids is 1. The lowest BCUT2D eigenvalue weighted by Crippen LogP contribution is -2.51. The zero-order chi connectivity index (χ0) is 17.0. The third-order valence-corrected chi connectivity index (χ3v) is 4.42. The van der Waals surface area contributed by atoms with E-state index in [0.717, 1.165) is 5.56 Å². The molecule has 23 heavy (non-hydrogen) atoms. The summed E-state index contributed by atoms with van der Waals surface area (Å²) < 4.78 is 0. The highest BCUT2D eigenvalue weighted by atomic mass is 16.4. The number of amides is 2. The van der Waals surface area contributed by atoms with Crippen LogP contribution in [0.25, 0.3) is 0 Å². The number of carbonyl (C=O) groups is 3. The number of aryl methyl sites for hydroxylation is 1. The molecule has 1 aromatic rings. The van der Waals surface area contributed by atoms with Crippen LogP contribution in [-0.2, 0) is 9.59 Å². The van der Waals surface area contributed by atoms with Gasteiger partial charge in [-0.3, -0.25) is 14.4 Å². The maximum atomic E-state index is 12.3. The summed E-state index contributed by atoms with van der Waals surface area (Å²) in [6.07, 6.45) is 1.24. The van der Waals surface area contributed by atoms with Gasteiger partial charge in [0.15, 0.2) is 0 Å². The van der Waals surface area contributed by atoms with Crippen LogP contribution in [0.4, 0.5) is 0 Å². The molecule has 2 amide bonds. The lowest BCUT2D eigenvalue weighted by atomic mass is 9.90. The van der Waals surface area contributed by atoms with Crippen molar-refractivity contribution in [3.05, 3.63) is 35.4 Å². The molecular weight excluding hydrogens is 296 g/mol. The number of likely N-dealkylation sites (tertiary alicyclic amines) is 1.